The second kappa shape index (κ2) is 10.8. The molecule has 0 amide bonds. The van der Waals surface area contributed by atoms with E-state index in [2.05, 4.69) is 29.3 Å². The second-order valence-electron chi connectivity index (χ2n) is 6.19. The van der Waals surface area contributed by atoms with Crippen LogP contribution in [0.25, 0.3) is 0 Å². The predicted octanol–water partition coefficient (Wildman–Crippen LogP) is 6.58. The molecule has 0 aliphatic rings. The largest absolute Gasteiger partial charge is 0.205 e. The van der Waals surface area contributed by atoms with Gasteiger partial charge in [0.2, 0.25) is 0 Å². The average molecular weight is 377 g/mol. The van der Waals surface area contributed by atoms with Crippen molar-refractivity contribution in [2.75, 3.05) is 0 Å². The van der Waals surface area contributed by atoms with Gasteiger partial charge in [0.05, 0.1) is 12.4 Å². The van der Waals surface area contributed by atoms with Gasteiger partial charge in [-0.25, -0.2) is 8.78 Å². The van der Waals surface area contributed by atoms with E-state index in [4.69, 9.17) is 11.6 Å². The first kappa shape index (κ1) is 20.2. The fourth-order valence-electron chi connectivity index (χ4n) is 2.55. The third kappa shape index (κ3) is 6.68. The third-order valence-corrected chi connectivity index (χ3v) is 4.40. The molecule has 0 aromatic heterocycles. The maximum absolute atomic E-state index is 13.3. The summed E-state index contributed by atoms with van der Waals surface area (Å²) < 4.78 is 26.7. The van der Waals surface area contributed by atoms with Crippen LogP contribution in [-0.2, 0) is 6.42 Å². The number of hydrogen-bond donors (Lipinski definition) is 0. The van der Waals surface area contributed by atoms with Crippen molar-refractivity contribution in [2.45, 2.75) is 45.4 Å². The molecule has 26 heavy (non-hydrogen) atoms. The van der Waals surface area contributed by atoms with Crippen molar-refractivity contribution < 1.29 is 8.78 Å². The summed E-state index contributed by atoms with van der Waals surface area (Å²) in [5.41, 5.74) is 2.50. The van der Waals surface area contributed by atoms with Gasteiger partial charge in [-0.15, -0.1) is 0 Å². The van der Waals surface area contributed by atoms with Gasteiger partial charge in [-0.05, 0) is 36.1 Å². The van der Waals surface area contributed by atoms with Crippen molar-refractivity contribution in [3.8, 4) is 0 Å². The Bertz CT molecular complexity index is 732. The topological polar surface area (TPSA) is 24.7 Å². The molecule has 2 nitrogen and oxygen atoms in total. The number of aryl methyl sites for hydroxylation is 1. The number of unbranched alkanes of at least 4 members (excludes halogenated alkanes) is 4. The molecule has 2 rings (SSSR count). The highest BCUT2D eigenvalue weighted by molar-refractivity contribution is 6.30. The molecule has 0 radical (unpaired) electrons. The third-order valence-electron chi connectivity index (χ3n) is 4.04. The fourth-order valence-corrected chi connectivity index (χ4v) is 2.66. The summed E-state index contributed by atoms with van der Waals surface area (Å²) in [6, 6.07) is 10.4. The summed E-state index contributed by atoms with van der Waals surface area (Å²) in [5, 5.41) is 7.21. The van der Waals surface area contributed by atoms with Crippen LogP contribution in [0.1, 0.15) is 55.7 Å². The Kier molecular flexibility index (Phi) is 8.42. The highest BCUT2D eigenvalue weighted by Crippen LogP contribution is 2.19. The molecule has 0 N–H and O–H groups in total. The molecule has 0 spiro atoms. The van der Waals surface area contributed by atoms with Gasteiger partial charge >= 0.3 is 0 Å². The van der Waals surface area contributed by atoms with Crippen LogP contribution >= 0.6 is 11.6 Å². The van der Waals surface area contributed by atoms with Gasteiger partial charge in [0.1, 0.15) is 16.7 Å². The average Bonchev–Trinajstić information content (AvgIpc) is 2.64. The molecule has 0 atom stereocenters. The summed E-state index contributed by atoms with van der Waals surface area (Å²) in [7, 11) is 0. The number of rotatable bonds is 9. The van der Waals surface area contributed by atoms with Crippen LogP contribution in [0.5, 0.6) is 0 Å². The zero-order chi connectivity index (χ0) is 18.8. The highest BCUT2D eigenvalue weighted by atomic mass is 35.5. The van der Waals surface area contributed by atoms with Gasteiger partial charge < -0.3 is 0 Å². The van der Waals surface area contributed by atoms with E-state index < -0.39 is 16.7 Å². The zero-order valence-corrected chi connectivity index (χ0v) is 15.6. The molecule has 0 fully saturated rings. The number of hydrogen-bond acceptors (Lipinski definition) is 2. The Morgan fingerprint density at radius 3 is 2.04 bits per heavy atom. The van der Waals surface area contributed by atoms with E-state index >= 15 is 0 Å². The standard InChI is InChI=1S/C21H23ClF2N2/c1-2-3-4-5-6-7-16-8-10-17(11-9-16)14-25-26-15-18-12-19(23)21(22)20(24)13-18/h8-15H,2-7H2,1H3. The summed E-state index contributed by atoms with van der Waals surface area (Å²) in [6.07, 6.45) is 10.3. The van der Waals surface area contributed by atoms with E-state index in [9.17, 15) is 8.78 Å². The number of benzene rings is 2. The number of halogens is 3. The van der Waals surface area contributed by atoms with Gasteiger partial charge in [0, 0.05) is 5.56 Å². The van der Waals surface area contributed by atoms with E-state index in [-0.39, 0.29) is 5.56 Å². The van der Waals surface area contributed by atoms with Crippen molar-refractivity contribution in [3.05, 3.63) is 69.7 Å². The fraction of sp³-hybridized carbons (Fsp3) is 0.333. The van der Waals surface area contributed by atoms with E-state index in [1.807, 2.05) is 12.1 Å². The monoisotopic (exact) mass is 376 g/mol. The molecule has 0 aliphatic carbocycles. The van der Waals surface area contributed by atoms with E-state index in [0.717, 1.165) is 24.1 Å². The van der Waals surface area contributed by atoms with Gasteiger partial charge in [0.15, 0.2) is 0 Å². The quantitative estimate of drug-likeness (QED) is 0.204. The first-order valence-electron chi connectivity index (χ1n) is 8.90. The summed E-state index contributed by atoms with van der Waals surface area (Å²) in [4.78, 5) is 0. The van der Waals surface area contributed by atoms with Gasteiger partial charge in [-0.2, -0.15) is 10.2 Å². The minimum Gasteiger partial charge on any atom is -0.205 e. The summed E-state index contributed by atoms with van der Waals surface area (Å²) in [5.74, 6) is -1.63. The molecule has 0 saturated heterocycles. The van der Waals surface area contributed by atoms with Crippen molar-refractivity contribution in [1.82, 2.24) is 0 Å². The molecule has 0 aliphatic heterocycles. The molecule has 0 heterocycles. The zero-order valence-electron chi connectivity index (χ0n) is 14.9. The normalized spacial score (nSPS) is 11.7. The molecule has 5 heteroatoms. The van der Waals surface area contributed by atoms with Crippen LogP contribution in [0.4, 0.5) is 8.78 Å². The Hall–Kier alpha value is -2.07. The highest BCUT2D eigenvalue weighted by Gasteiger charge is 2.07. The molecular weight excluding hydrogens is 354 g/mol. The summed E-state index contributed by atoms with van der Waals surface area (Å²) >= 11 is 5.43. The second-order valence-corrected chi connectivity index (χ2v) is 6.57. The van der Waals surface area contributed by atoms with Crippen molar-refractivity contribution in [1.29, 1.82) is 0 Å². The van der Waals surface area contributed by atoms with E-state index in [0.29, 0.717) is 0 Å². The molecule has 138 valence electrons. The lowest BCUT2D eigenvalue weighted by molar-refractivity contribution is 0.584. The molecule has 0 bridgehead atoms. The Morgan fingerprint density at radius 1 is 0.846 bits per heavy atom. The van der Waals surface area contributed by atoms with Crippen molar-refractivity contribution in [2.24, 2.45) is 10.2 Å². The van der Waals surface area contributed by atoms with Crippen LogP contribution in [0.15, 0.2) is 46.6 Å². The van der Waals surface area contributed by atoms with Gasteiger partial charge in [-0.3, -0.25) is 0 Å². The van der Waals surface area contributed by atoms with Gasteiger partial charge in [-0.1, -0.05) is 68.5 Å². The molecule has 2 aromatic rings. The van der Waals surface area contributed by atoms with Crippen molar-refractivity contribution in [3.63, 3.8) is 0 Å². The van der Waals surface area contributed by atoms with Gasteiger partial charge in [0.25, 0.3) is 0 Å². The Morgan fingerprint density at radius 2 is 1.42 bits per heavy atom. The minimum absolute atomic E-state index is 0.264. The lowest BCUT2D eigenvalue weighted by atomic mass is 10.0. The van der Waals surface area contributed by atoms with Crippen LogP contribution in [0.2, 0.25) is 5.02 Å². The maximum atomic E-state index is 13.3. The van der Waals surface area contributed by atoms with Crippen LogP contribution in [0.3, 0.4) is 0 Å². The van der Waals surface area contributed by atoms with Crippen LogP contribution < -0.4 is 0 Å². The maximum Gasteiger partial charge on any atom is 0.145 e. The summed E-state index contributed by atoms with van der Waals surface area (Å²) in [6.45, 7) is 2.22. The van der Waals surface area contributed by atoms with Crippen molar-refractivity contribution >= 4 is 24.0 Å². The lowest BCUT2D eigenvalue weighted by Crippen LogP contribution is -1.89. The molecule has 2 aromatic carbocycles. The minimum atomic E-state index is -0.817. The first-order chi connectivity index (χ1) is 12.6. The molecule has 0 unspecified atom stereocenters. The van der Waals surface area contributed by atoms with Crippen LogP contribution in [-0.4, -0.2) is 12.4 Å². The predicted molar refractivity (Wildman–Crippen MR) is 105 cm³/mol. The molecule has 0 saturated carbocycles. The van der Waals surface area contributed by atoms with Crippen LogP contribution in [0, 0.1) is 11.6 Å². The van der Waals surface area contributed by atoms with E-state index in [1.165, 1.54) is 43.9 Å². The smallest absolute Gasteiger partial charge is 0.145 e. The molecular formula is C21H23ClF2N2. The number of nitrogens with zero attached hydrogens (tertiary/aromatic N) is 2. The Balaban J connectivity index is 1.84. The first-order valence-corrected chi connectivity index (χ1v) is 9.28. The Labute approximate surface area is 158 Å². The SMILES string of the molecule is CCCCCCCc1ccc(C=NN=Cc2cc(F)c(Cl)c(F)c2)cc1. The lowest BCUT2D eigenvalue weighted by Gasteiger charge is -2.02. The van der Waals surface area contributed by atoms with E-state index in [1.54, 1.807) is 6.21 Å².